The lowest BCUT2D eigenvalue weighted by Crippen LogP contribution is -2.39. The van der Waals surface area contributed by atoms with Gasteiger partial charge in [0.15, 0.2) is 0 Å². The Morgan fingerprint density at radius 3 is 2.82 bits per heavy atom. The van der Waals surface area contributed by atoms with Crippen molar-refractivity contribution in [1.82, 2.24) is 25.0 Å². The van der Waals surface area contributed by atoms with Gasteiger partial charge in [-0.1, -0.05) is 17.3 Å². The predicted octanol–water partition coefficient (Wildman–Crippen LogP) is 3.30. The van der Waals surface area contributed by atoms with Crippen LogP contribution in [0.25, 0.3) is 11.4 Å². The highest BCUT2D eigenvalue weighted by molar-refractivity contribution is 5.94. The van der Waals surface area contributed by atoms with Crippen molar-refractivity contribution in [3.05, 3.63) is 59.3 Å². The van der Waals surface area contributed by atoms with Crippen molar-refractivity contribution >= 4 is 5.91 Å². The molecule has 1 amide bonds. The minimum absolute atomic E-state index is 0.0139. The van der Waals surface area contributed by atoms with E-state index in [4.69, 9.17) is 4.52 Å². The highest BCUT2D eigenvalue weighted by Gasteiger charge is 2.30. The third-order valence-electron chi connectivity index (χ3n) is 4.91. The Morgan fingerprint density at radius 1 is 1.25 bits per heavy atom. The van der Waals surface area contributed by atoms with Crippen LogP contribution >= 0.6 is 0 Å². The van der Waals surface area contributed by atoms with Crippen molar-refractivity contribution in [2.45, 2.75) is 32.6 Å². The van der Waals surface area contributed by atoms with E-state index in [1.807, 2.05) is 6.92 Å². The van der Waals surface area contributed by atoms with Gasteiger partial charge in [-0.05, 0) is 31.9 Å². The standard InChI is InChI=1S/C20H20FN5O2/c1-12-22-10-16(19-24-13(2)28-25-19)18(23-12)14-6-5-9-26(11-14)20(27)15-7-3-4-8-17(15)21/h3-4,7-8,10,14H,5-6,9,11H2,1-2H3. The Kier molecular flexibility index (Phi) is 4.85. The number of amides is 1. The molecule has 4 rings (SSSR count). The molecule has 8 heteroatoms. The fraction of sp³-hybridized carbons (Fsp3) is 0.350. The molecule has 1 unspecified atom stereocenters. The summed E-state index contributed by atoms with van der Waals surface area (Å²) in [6.07, 6.45) is 3.36. The van der Waals surface area contributed by atoms with Crippen LogP contribution in [0, 0.1) is 19.7 Å². The molecule has 0 N–H and O–H groups in total. The summed E-state index contributed by atoms with van der Waals surface area (Å²) in [7, 11) is 0. The molecule has 1 fully saturated rings. The molecule has 0 spiro atoms. The Balaban J connectivity index is 1.64. The van der Waals surface area contributed by atoms with E-state index in [1.54, 1.807) is 30.2 Å². The van der Waals surface area contributed by atoms with Gasteiger partial charge in [0.25, 0.3) is 5.91 Å². The van der Waals surface area contributed by atoms with Crippen LogP contribution in [-0.4, -0.2) is 44.0 Å². The van der Waals surface area contributed by atoms with Gasteiger partial charge in [-0.25, -0.2) is 14.4 Å². The lowest BCUT2D eigenvalue weighted by molar-refractivity contribution is 0.0701. The number of rotatable bonds is 3. The maximum atomic E-state index is 14.1. The maximum absolute atomic E-state index is 14.1. The Morgan fingerprint density at radius 2 is 2.07 bits per heavy atom. The van der Waals surface area contributed by atoms with E-state index in [0.29, 0.717) is 36.2 Å². The number of carbonyl (C=O) groups excluding carboxylic acids is 1. The monoisotopic (exact) mass is 381 g/mol. The van der Waals surface area contributed by atoms with Gasteiger partial charge in [0, 0.05) is 32.1 Å². The minimum Gasteiger partial charge on any atom is -0.339 e. The number of aromatic nitrogens is 4. The lowest BCUT2D eigenvalue weighted by Gasteiger charge is -2.33. The number of nitrogens with zero attached hydrogens (tertiary/aromatic N) is 5. The number of hydrogen-bond donors (Lipinski definition) is 0. The van der Waals surface area contributed by atoms with Crippen molar-refractivity contribution in [2.24, 2.45) is 0 Å². The SMILES string of the molecule is Cc1ncc(-c2noc(C)n2)c(C2CCCN(C(=O)c3ccccc3F)C2)n1. The Labute approximate surface area is 161 Å². The van der Waals surface area contributed by atoms with Gasteiger partial charge in [-0.2, -0.15) is 4.98 Å². The van der Waals surface area contributed by atoms with Crippen molar-refractivity contribution < 1.29 is 13.7 Å². The average molecular weight is 381 g/mol. The molecule has 3 aromatic rings. The summed E-state index contributed by atoms with van der Waals surface area (Å²) in [6, 6.07) is 6.07. The first kappa shape index (κ1) is 18.2. The zero-order valence-corrected chi connectivity index (χ0v) is 15.7. The Hall–Kier alpha value is -3.16. The first-order valence-electron chi connectivity index (χ1n) is 9.21. The Bertz CT molecular complexity index is 1020. The van der Waals surface area contributed by atoms with Crippen molar-refractivity contribution in [1.29, 1.82) is 0 Å². The fourth-order valence-corrected chi connectivity index (χ4v) is 3.57. The van der Waals surface area contributed by atoms with E-state index in [2.05, 4.69) is 20.1 Å². The van der Waals surface area contributed by atoms with Crippen LogP contribution in [0.3, 0.4) is 0 Å². The highest BCUT2D eigenvalue weighted by Crippen LogP contribution is 2.32. The zero-order valence-electron chi connectivity index (χ0n) is 15.7. The lowest BCUT2D eigenvalue weighted by atomic mass is 9.91. The molecule has 0 radical (unpaired) electrons. The number of aryl methyl sites for hydroxylation is 2. The van der Waals surface area contributed by atoms with Crippen LogP contribution in [0.4, 0.5) is 4.39 Å². The van der Waals surface area contributed by atoms with E-state index >= 15 is 0 Å². The number of likely N-dealkylation sites (tertiary alicyclic amines) is 1. The molecule has 0 saturated carbocycles. The average Bonchev–Trinajstić information content (AvgIpc) is 3.14. The maximum Gasteiger partial charge on any atom is 0.256 e. The number of halogens is 1. The molecule has 2 aromatic heterocycles. The summed E-state index contributed by atoms with van der Waals surface area (Å²) in [5, 5.41) is 3.99. The number of benzene rings is 1. The third-order valence-corrected chi connectivity index (χ3v) is 4.91. The van der Waals surface area contributed by atoms with Gasteiger partial charge in [-0.15, -0.1) is 0 Å². The van der Waals surface area contributed by atoms with Gasteiger partial charge in [0.2, 0.25) is 11.7 Å². The van der Waals surface area contributed by atoms with Gasteiger partial charge in [-0.3, -0.25) is 4.79 Å². The van der Waals surface area contributed by atoms with Gasteiger partial charge in [0.1, 0.15) is 11.6 Å². The number of piperidine rings is 1. The van der Waals surface area contributed by atoms with E-state index in [0.717, 1.165) is 18.5 Å². The molecule has 1 atom stereocenters. The molecule has 7 nitrogen and oxygen atoms in total. The van der Waals surface area contributed by atoms with Crippen LogP contribution in [-0.2, 0) is 0 Å². The number of carbonyl (C=O) groups is 1. The van der Waals surface area contributed by atoms with E-state index in [-0.39, 0.29) is 17.4 Å². The third kappa shape index (κ3) is 3.49. The number of hydrogen-bond acceptors (Lipinski definition) is 6. The molecular formula is C20H20FN5O2. The van der Waals surface area contributed by atoms with Gasteiger partial charge >= 0.3 is 0 Å². The van der Waals surface area contributed by atoms with Crippen LogP contribution in [0.2, 0.25) is 0 Å². The molecule has 1 aliphatic rings. The second-order valence-electron chi connectivity index (χ2n) is 6.92. The largest absolute Gasteiger partial charge is 0.339 e. The van der Waals surface area contributed by atoms with Crippen molar-refractivity contribution in [2.75, 3.05) is 13.1 Å². The van der Waals surface area contributed by atoms with Crippen LogP contribution in [0.1, 0.15) is 46.5 Å². The quantitative estimate of drug-likeness (QED) is 0.692. The summed E-state index contributed by atoms with van der Waals surface area (Å²) in [5.74, 6) is 0.712. The smallest absolute Gasteiger partial charge is 0.256 e. The normalized spacial score (nSPS) is 17.0. The van der Waals surface area contributed by atoms with Crippen LogP contribution < -0.4 is 0 Å². The van der Waals surface area contributed by atoms with Crippen molar-refractivity contribution in [3.8, 4) is 11.4 Å². The second-order valence-corrected chi connectivity index (χ2v) is 6.92. The topological polar surface area (TPSA) is 85.0 Å². The zero-order chi connectivity index (χ0) is 19.7. The van der Waals surface area contributed by atoms with E-state index in [1.165, 1.54) is 12.1 Å². The molecule has 1 aromatic carbocycles. The van der Waals surface area contributed by atoms with Gasteiger partial charge in [0.05, 0.1) is 16.8 Å². The van der Waals surface area contributed by atoms with Crippen LogP contribution in [0.15, 0.2) is 35.0 Å². The first-order valence-corrected chi connectivity index (χ1v) is 9.21. The highest BCUT2D eigenvalue weighted by atomic mass is 19.1. The summed E-state index contributed by atoms with van der Waals surface area (Å²) in [6.45, 7) is 4.58. The molecule has 1 saturated heterocycles. The fourth-order valence-electron chi connectivity index (χ4n) is 3.57. The van der Waals surface area contributed by atoms with Crippen LogP contribution in [0.5, 0.6) is 0 Å². The second kappa shape index (κ2) is 7.46. The summed E-state index contributed by atoms with van der Waals surface area (Å²) in [5.41, 5.74) is 1.59. The molecular weight excluding hydrogens is 361 g/mol. The molecule has 144 valence electrons. The first-order chi connectivity index (χ1) is 13.5. The molecule has 0 bridgehead atoms. The molecule has 3 heterocycles. The molecule has 1 aliphatic heterocycles. The van der Waals surface area contributed by atoms with Gasteiger partial charge < -0.3 is 9.42 Å². The predicted molar refractivity (Wildman–Crippen MR) is 99.1 cm³/mol. The summed E-state index contributed by atoms with van der Waals surface area (Å²) >= 11 is 0. The van der Waals surface area contributed by atoms with E-state index < -0.39 is 5.82 Å². The van der Waals surface area contributed by atoms with E-state index in [9.17, 15) is 9.18 Å². The van der Waals surface area contributed by atoms with Crippen molar-refractivity contribution in [3.63, 3.8) is 0 Å². The molecule has 28 heavy (non-hydrogen) atoms. The summed E-state index contributed by atoms with van der Waals surface area (Å²) < 4.78 is 19.2. The summed E-state index contributed by atoms with van der Waals surface area (Å²) in [4.78, 5) is 27.7. The molecule has 0 aliphatic carbocycles. The minimum atomic E-state index is -0.504.